The highest BCUT2D eigenvalue weighted by Crippen LogP contribution is 2.28. The smallest absolute Gasteiger partial charge is 0.256 e. The molecule has 1 saturated heterocycles. The third-order valence-corrected chi connectivity index (χ3v) is 4.01. The highest BCUT2D eigenvalue weighted by Gasteiger charge is 2.35. The monoisotopic (exact) mass is 298 g/mol. The summed E-state index contributed by atoms with van der Waals surface area (Å²) in [6, 6.07) is 5.22. The molecule has 1 unspecified atom stereocenters. The molecule has 4 nitrogen and oxygen atoms in total. The Morgan fingerprint density at radius 3 is 2.84 bits per heavy atom. The molecule has 2 rings (SSSR count). The van der Waals surface area contributed by atoms with Crippen LogP contribution < -0.4 is 10.2 Å². The summed E-state index contributed by atoms with van der Waals surface area (Å²) in [5.41, 5.74) is 0.111. The van der Waals surface area contributed by atoms with Crippen molar-refractivity contribution in [3.63, 3.8) is 0 Å². The van der Waals surface area contributed by atoms with Crippen LogP contribution in [0.4, 0.5) is 10.1 Å². The molecule has 1 heterocycles. The molecule has 1 aliphatic rings. The van der Waals surface area contributed by atoms with Crippen LogP contribution in [-0.4, -0.2) is 27.9 Å². The standard InChI is InChI=1S/C12H11FN2O2S2/c1-7(16)14-9-6-19-12(18)15(11(9)17)10-5-3-2-4-8(10)13/h2-5,9H,6H2,1H3,(H,14,16). The molecule has 0 bridgehead atoms. The average molecular weight is 298 g/mol. The van der Waals surface area contributed by atoms with E-state index in [-0.39, 0.29) is 15.9 Å². The predicted octanol–water partition coefficient (Wildman–Crippen LogP) is 1.70. The zero-order chi connectivity index (χ0) is 14.0. The van der Waals surface area contributed by atoms with Gasteiger partial charge in [0.15, 0.2) is 0 Å². The number of carbonyl (C=O) groups is 2. The van der Waals surface area contributed by atoms with Crippen LogP contribution in [0.5, 0.6) is 0 Å². The third kappa shape index (κ3) is 2.93. The molecular formula is C12H11FN2O2S2. The fourth-order valence-electron chi connectivity index (χ4n) is 1.74. The molecular weight excluding hydrogens is 287 g/mol. The van der Waals surface area contributed by atoms with Gasteiger partial charge in [0.25, 0.3) is 5.91 Å². The summed E-state index contributed by atoms with van der Waals surface area (Å²) in [6.45, 7) is 1.33. The summed E-state index contributed by atoms with van der Waals surface area (Å²) < 4.78 is 14.0. The predicted molar refractivity (Wildman–Crippen MR) is 76.5 cm³/mol. The van der Waals surface area contributed by atoms with Crippen LogP contribution >= 0.6 is 24.0 Å². The first kappa shape index (κ1) is 14.0. The minimum Gasteiger partial charge on any atom is -0.344 e. The van der Waals surface area contributed by atoms with Crippen LogP contribution in [-0.2, 0) is 9.59 Å². The van der Waals surface area contributed by atoms with Gasteiger partial charge in [-0.2, -0.15) is 0 Å². The maximum absolute atomic E-state index is 13.8. The second-order valence-corrected chi connectivity index (χ2v) is 5.61. The molecule has 1 aromatic rings. The third-order valence-electron chi connectivity index (χ3n) is 2.55. The zero-order valence-electron chi connectivity index (χ0n) is 10.1. The molecule has 0 radical (unpaired) electrons. The molecule has 2 amide bonds. The van der Waals surface area contributed by atoms with Crippen molar-refractivity contribution in [2.75, 3.05) is 10.7 Å². The van der Waals surface area contributed by atoms with Crippen LogP contribution in [0.1, 0.15) is 6.92 Å². The van der Waals surface area contributed by atoms with E-state index in [9.17, 15) is 14.0 Å². The van der Waals surface area contributed by atoms with Gasteiger partial charge >= 0.3 is 0 Å². The van der Waals surface area contributed by atoms with Crippen molar-refractivity contribution in [2.24, 2.45) is 0 Å². The van der Waals surface area contributed by atoms with E-state index >= 15 is 0 Å². The van der Waals surface area contributed by atoms with Crippen molar-refractivity contribution in [1.82, 2.24) is 5.32 Å². The number of hydrogen-bond acceptors (Lipinski definition) is 4. The van der Waals surface area contributed by atoms with Gasteiger partial charge in [0.1, 0.15) is 16.2 Å². The maximum atomic E-state index is 13.8. The van der Waals surface area contributed by atoms with Crippen molar-refractivity contribution < 1.29 is 14.0 Å². The first-order valence-corrected chi connectivity index (χ1v) is 6.92. The molecule has 0 saturated carbocycles. The van der Waals surface area contributed by atoms with Gasteiger partial charge in [-0.25, -0.2) is 4.39 Å². The number of halogens is 1. The number of nitrogens with zero attached hydrogens (tertiary/aromatic N) is 1. The second-order valence-electron chi connectivity index (χ2n) is 3.96. The van der Waals surface area contributed by atoms with Gasteiger partial charge in [-0.3, -0.25) is 14.5 Å². The van der Waals surface area contributed by atoms with E-state index in [4.69, 9.17) is 12.2 Å². The molecule has 0 aromatic heterocycles. The number of rotatable bonds is 2. The van der Waals surface area contributed by atoms with E-state index in [0.717, 1.165) is 4.90 Å². The highest BCUT2D eigenvalue weighted by atomic mass is 32.2. The lowest BCUT2D eigenvalue weighted by Gasteiger charge is -2.32. The maximum Gasteiger partial charge on any atom is 0.256 e. The van der Waals surface area contributed by atoms with E-state index < -0.39 is 17.8 Å². The largest absolute Gasteiger partial charge is 0.344 e. The molecule has 7 heteroatoms. The second kappa shape index (κ2) is 5.66. The molecule has 1 fully saturated rings. The average Bonchev–Trinajstić information content (AvgIpc) is 2.35. The number of thioether (sulfide) groups is 1. The molecule has 19 heavy (non-hydrogen) atoms. The highest BCUT2D eigenvalue weighted by molar-refractivity contribution is 8.23. The molecule has 1 aliphatic heterocycles. The van der Waals surface area contributed by atoms with Gasteiger partial charge in [-0.05, 0) is 12.1 Å². The first-order valence-electron chi connectivity index (χ1n) is 5.53. The van der Waals surface area contributed by atoms with Gasteiger partial charge in [0.2, 0.25) is 5.91 Å². The summed E-state index contributed by atoms with van der Waals surface area (Å²) in [5, 5.41) is 2.54. The minimum absolute atomic E-state index is 0.111. The number of benzene rings is 1. The summed E-state index contributed by atoms with van der Waals surface area (Å²) in [5.74, 6) is -0.881. The van der Waals surface area contributed by atoms with Gasteiger partial charge in [-0.1, -0.05) is 36.1 Å². The van der Waals surface area contributed by atoms with Crippen LogP contribution in [0.25, 0.3) is 0 Å². The first-order chi connectivity index (χ1) is 9.00. The summed E-state index contributed by atoms with van der Waals surface area (Å²) in [4.78, 5) is 24.5. The van der Waals surface area contributed by atoms with Gasteiger partial charge in [0.05, 0.1) is 5.69 Å². The summed E-state index contributed by atoms with van der Waals surface area (Å²) in [6.07, 6.45) is 0. The Hall–Kier alpha value is -1.47. The van der Waals surface area contributed by atoms with Crippen molar-refractivity contribution in [2.45, 2.75) is 13.0 Å². The lowest BCUT2D eigenvalue weighted by Crippen LogP contribution is -2.54. The Balaban J connectivity index is 2.32. The fourth-order valence-corrected chi connectivity index (χ4v) is 2.98. The van der Waals surface area contributed by atoms with Gasteiger partial charge in [0, 0.05) is 12.7 Å². The lowest BCUT2D eigenvalue weighted by atomic mass is 10.2. The van der Waals surface area contributed by atoms with E-state index in [0.29, 0.717) is 5.75 Å². The SMILES string of the molecule is CC(=O)NC1CSC(=S)N(c2ccccc2F)C1=O. The number of carbonyl (C=O) groups excluding carboxylic acids is 2. The molecule has 1 aromatic carbocycles. The van der Waals surface area contributed by atoms with Crippen molar-refractivity contribution in [1.29, 1.82) is 0 Å². The Morgan fingerprint density at radius 1 is 1.53 bits per heavy atom. The van der Waals surface area contributed by atoms with Crippen molar-refractivity contribution in [3.05, 3.63) is 30.1 Å². The van der Waals surface area contributed by atoms with Crippen LogP contribution in [0, 0.1) is 5.82 Å². The number of para-hydroxylation sites is 1. The number of anilines is 1. The Morgan fingerprint density at radius 2 is 2.21 bits per heavy atom. The molecule has 0 aliphatic carbocycles. The lowest BCUT2D eigenvalue weighted by molar-refractivity contribution is -0.125. The van der Waals surface area contributed by atoms with Crippen molar-refractivity contribution in [3.8, 4) is 0 Å². The van der Waals surface area contributed by atoms with E-state index in [1.54, 1.807) is 6.07 Å². The summed E-state index contributed by atoms with van der Waals surface area (Å²) >= 11 is 6.34. The molecule has 1 N–H and O–H groups in total. The number of amides is 2. The molecule has 100 valence electrons. The van der Waals surface area contributed by atoms with E-state index in [2.05, 4.69) is 5.32 Å². The van der Waals surface area contributed by atoms with Crippen LogP contribution in [0.3, 0.4) is 0 Å². The Kier molecular flexibility index (Phi) is 4.16. The topological polar surface area (TPSA) is 49.4 Å². The van der Waals surface area contributed by atoms with Gasteiger partial charge in [-0.15, -0.1) is 0 Å². The number of hydrogen-bond donors (Lipinski definition) is 1. The number of thiocarbonyl (C=S) groups is 1. The Bertz CT molecular complexity index is 550. The van der Waals surface area contributed by atoms with E-state index in [1.165, 1.54) is 36.9 Å². The number of nitrogens with one attached hydrogen (secondary N) is 1. The van der Waals surface area contributed by atoms with Gasteiger partial charge < -0.3 is 5.32 Å². The molecule has 0 spiro atoms. The zero-order valence-corrected chi connectivity index (χ0v) is 11.7. The minimum atomic E-state index is -0.686. The van der Waals surface area contributed by atoms with Crippen LogP contribution in [0.15, 0.2) is 24.3 Å². The quantitative estimate of drug-likeness (QED) is 0.844. The van der Waals surface area contributed by atoms with Crippen molar-refractivity contribution >= 4 is 45.8 Å². The molecule has 1 atom stereocenters. The van der Waals surface area contributed by atoms with Crippen LogP contribution in [0.2, 0.25) is 0 Å². The normalized spacial score (nSPS) is 19.5. The fraction of sp³-hybridized carbons (Fsp3) is 0.250. The summed E-state index contributed by atoms with van der Waals surface area (Å²) in [7, 11) is 0. The Labute approximate surface area is 119 Å². The van der Waals surface area contributed by atoms with E-state index in [1.807, 2.05) is 0 Å².